The molecule has 0 fully saturated rings. The van der Waals surface area contributed by atoms with Crippen molar-refractivity contribution in [2.75, 3.05) is 6.54 Å². The van der Waals surface area contributed by atoms with Crippen LogP contribution < -0.4 is 16.0 Å². The van der Waals surface area contributed by atoms with Crippen LogP contribution >= 0.6 is 0 Å². The van der Waals surface area contributed by atoms with Gasteiger partial charge in [0.05, 0.1) is 6.42 Å². The van der Waals surface area contributed by atoms with Crippen LogP contribution in [-0.4, -0.2) is 18.5 Å². The molecule has 0 bridgehead atoms. The Morgan fingerprint density at radius 3 is 2.08 bits per heavy atom. The zero-order valence-corrected chi connectivity index (χ0v) is 15.4. The number of amides is 3. The van der Waals surface area contributed by atoms with Crippen molar-refractivity contribution in [2.24, 2.45) is 5.92 Å². The van der Waals surface area contributed by atoms with Gasteiger partial charge in [0.15, 0.2) is 0 Å². The summed E-state index contributed by atoms with van der Waals surface area (Å²) in [6.45, 7) is 5.68. The van der Waals surface area contributed by atoms with E-state index in [-0.39, 0.29) is 11.9 Å². The molecule has 0 aliphatic heterocycles. The van der Waals surface area contributed by atoms with Crippen LogP contribution in [0.2, 0.25) is 0 Å². The van der Waals surface area contributed by atoms with E-state index >= 15 is 0 Å². The molecule has 3 N–H and O–H groups in total. The lowest BCUT2D eigenvalue weighted by Crippen LogP contribution is -2.37. The van der Waals surface area contributed by atoms with E-state index in [1.54, 1.807) is 0 Å². The van der Waals surface area contributed by atoms with Gasteiger partial charge in [-0.3, -0.25) is 4.79 Å². The zero-order valence-electron chi connectivity index (χ0n) is 15.4. The molecule has 2 aromatic rings. The molecule has 0 aliphatic rings. The van der Waals surface area contributed by atoms with Gasteiger partial charge >= 0.3 is 6.03 Å². The highest BCUT2D eigenvalue weighted by atomic mass is 16.2. The van der Waals surface area contributed by atoms with Gasteiger partial charge in [0, 0.05) is 19.6 Å². The Balaban J connectivity index is 1.77. The van der Waals surface area contributed by atoms with E-state index in [1.165, 1.54) is 0 Å². The Labute approximate surface area is 155 Å². The van der Waals surface area contributed by atoms with Crippen molar-refractivity contribution in [3.63, 3.8) is 0 Å². The third kappa shape index (κ3) is 7.38. The third-order valence-corrected chi connectivity index (χ3v) is 3.81. The molecular weight excluding hydrogens is 326 g/mol. The monoisotopic (exact) mass is 353 g/mol. The lowest BCUT2D eigenvalue weighted by Gasteiger charge is -2.11. The van der Waals surface area contributed by atoms with E-state index in [1.807, 2.05) is 54.6 Å². The van der Waals surface area contributed by atoms with Gasteiger partial charge in [0.25, 0.3) is 0 Å². The van der Waals surface area contributed by atoms with Crippen LogP contribution in [0, 0.1) is 5.92 Å². The van der Waals surface area contributed by atoms with Crippen LogP contribution in [0.1, 0.15) is 30.5 Å². The Hall–Kier alpha value is -2.82. The van der Waals surface area contributed by atoms with Crippen molar-refractivity contribution in [1.29, 1.82) is 0 Å². The summed E-state index contributed by atoms with van der Waals surface area (Å²) in [6, 6.07) is 17.3. The number of nitrogens with one attached hydrogen (secondary N) is 3. The van der Waals surface area contributed by atoms with Crippen LogP contribution in [0.15, 0.2) is 54.6 Å². The number of rotatable bonds is 8. The molecule has 3 amide bonds. The predicted octanol–water partition coefficient (Wildman–Crippen LogP) is 3.00. The summed E-state index contributed by atoms with van der Waals surface area (Å²) in [5, 5.41) is 8.60. The summed E-state index contributed by atoms with van der Waals surface area (Å²) in [6.07, 6.45) is 0.373. The Morgan fingerprint density at radius 1 is 0.808 bits per heavy atom. The van der Waals surface area contributed by atoms with Gasteiger partial charge in [-0.15, -0.1) is 0 Å². The fraction of sp³-hybridized carbons (Fsp3) is 0.333. The summed E-state index contributed by atoms with van der Waals surface area (Å²) >= 11 is 0. The maximum absolute atomic E-state index is 12.0. The maximum Gasteiger partial charge on any atom is 0.315 e. The first kappa shape index (κ1) is 19.5. The Kier molecular flexibility index (Phi) is 7.68. The lowest BCUT2D eigenvalue weighted by atomic mass is 10.1. The second kappa shape index (κ2) is 10.2. The highest BCUT2D eigenvalue weighted by Crippen LogP contribution is 2.06. The minimum Gasteiger partial charge on any atom is -0.352 e. The molecule has 0 aromatic heterocycles. The fourth-order valence-corrected chi connectivity index (χ4v) is 2.44. The molecule has 26 heavy (non-hydrogen) atoms. The van der Waals surface area contributed by atoms with E-state index in [4.69, 9.17) is 0 Å². The highest BCUT2D eigenvalue weighted by Gasteiger charge is 2.05. The molecule has 0 unspecified atom stereocenters. The molecule has 0 aliphatic carbocycles. The second-order valence-corrected chi connectivity index (χ2v) is 6.72. The van der Waals surface area contributed by atoms with Gasteiger partial charge in [-0.2, -0.15) is 0 Å². The Bertz CT molecular complexity index is 714. The SMILES string of the molecule is CC(C)CNC(=O)NCc1cccc(CNC(=O)Cc2ccccc2)c1. The molecule has 0 saturated carbocycles. The minimum atomic E-state index is -0.166. The first-order valence-corrected chi connectivity index (χ1v) is 8.93. The first-order valence-electron chi connectivity index (χ1n) is 8.93. The molecule has 0 atom stereocenters. The van der Waals surface area contributed by atoms with Crippen molar-refractivity contribution in [1.82, 2.24) is 16.0 Å². The molecule has 0 heterocycles. The summed E-state index contributed by atoms with van der Waals surface area (Å²) in [7, 11) is 0. The quantitative estimate of drug-likeness (QED) is 0.683. The molecule has 2 rings (SSSR count). The summed E-state index contributed by atoms with van der Waals surface area (Å²) in [5.41, 5.74) is 3.00. The van der Waals surface area contributed by atoms with Crippen molar-refractivity contribution >= 4 is 11.9 Å². The van der Waals surface area contributed by atoms with Crippen LogP contribution in [0.5, 0.6) is 0 Å². The van der Waals surface area contributed by atoms with Crippen LogP contribution in [0.4, 0.5) is 4.79 Å². The average Bonchev–Trinajstić information content (AvgIpc) is 2.64. The maximum atomic E-state index is 12.0. The highest BCUT2D eigenvalue weighted by molar-refractivity contribution is 5.78. The summed E-state index contributed by atoms with van der Waals surface area (Å²) < 4.78 is 0. The molecule has 0 saturated heterocycles. The fourth-order valence-electron chi connectivity index (χ4n) is 2.44. The third-order valence-electron chi connectivity index (χ3n) is 3.81. The number of hydrogen-bond acceptors (Lipinski definition) is 2. The summed E-state index contributed by atoms with van der Waals surface area (Å²) in [5.74, 6) is 0.413. The number of benzene rings is 2. The van der Waals surface area contributed by atoms with Crippen molar-refractivity contribution < 1.29 is 9.59 Å². The van der Waals surface area contributed by atoms with Gasteiger partial charge in [-0.05, 0) is 22.6 Å². The normalized spacial score (nSPS) is 10.4. The minimum absolute atomic E-state index is 0.00667. The van der Waals surface area contributed by atoms with E-state index in [2.05, 4.69) is 29.8 Å². The van der Waals surface area contributed by atoms with Crippen molar-refractivity contribution in [2.45, 2.75) is 33.4 Å². The molecule has 0 radical (unpaired) electrons. The van der Waals surface area contributed by atoms with E-state index < -0.39 is 0 Å². The standard InChI is InChI=1S/C21H27N3O2/c1-16(2)13-23-21(26)24-15-19-10-6-9-18(11-19)14-22-20(25)12-17-7-4-3-5-8-17/h3-11,16H,12-15H2,1-2H3,(H,22,25)(H2,23,24,26). The van der Waals surface area contributed by atoms with Gasteiger partial charge in [0.2, 0.25) is 5.91 Å². The van der Waals surface area contributed by atoms with E-state index in [0.29, 0.717) is 32.0 Å². The van der Waals surface area contributed by atoms with E-state index in [0.717, 1.165) is 16.7 Å². The molecule has 5 nitrogen and oxygen atoms in total. The average molecular weight is 353 g/mol. The van der Waals surface area contributed by atoms with Crippen LogP contribution in [0.3, 0.4) is 0 Å². The predicted molar refractivity (Wildman–Crippen MR) is 104 cm³/mol. The zero-order chi connectivity index (χ0) is 18.8. The smallest absolute Gasteiger partial charge is 0.315 e. The largest absolute Gasteiger partial charge is 0.352 e. The van der Waals surface area contributed by atoms with Gasteiger partial charge < -0.3 is 16.0 Å². The number of hydrogen-bond donors (Lipinski definition) is 3. The molecular formula is C21H27N3O2. The van der Waals surface area contributed by atoms with Crippen LogP contribution in [-0.2, 0) is 24.3 Å². The number of carbonyl (C=O) groups is 2. The van der Waals surface area contributed by atoms with Crippen molar-refractivity contribution in [3.8, 4) is 0 Å². The molecule has 0 spiro atoms. The number of urea groups is 1. The lowest BCUT2D eigenvalue weighted by molar-refractivity contribution is -0.120. The molecule has 5 heteroatoms. The first-order chi connectivity index (χ1) is 12.5. The number of carbonyl (C=O) groups excluding carboxylic acids is 2. The topological polar surface area (TPSA) is 70.2 Å². The van der Waals surface area contributed by atoms with Gasteiger partial charge in [-0.1, -0.05) is 68.4 Å². The summed E-state index contributed by atoms with van der Waals surface area (Å²) in [4.78, 5) is 23.8. The molecule has 138 valence electrons. The Morgan fingerprint density at radius 2 is 1.42 bits per heavy atom. The van der Waals surface area contributed by atoms with Gasteiger partial charge in [0.1, 0.15) is 0 Å². The molecule has 2 aromatic carbocycles. The van der Waals surface area contributed by atoms with E-state index in [9.17, 15) is 9.59 Å². The second-order valence-electron chi connectivity index (χ2n) is 6.72. The van der Waals surface area contributed by atoms with Gasteiger partial charge in [-0.25, -0.2) is 4.79 Å². The van der Waals surface area contributed by atoms with Crippen LogP contribution in [0.25, 0.3) is 0 Å². The van der Waals surface area contributed by atoms with Crippen molar-refractivity contribution in [3.05, 3.63) is 71.3 Å².